The summed E-state index contributed by atoms with van der Waals surface area (Å²) in [5.41, 5.74) is 0.956. The van der Waals surface area contributed by atoms with Gasteiger partial charge in [-0.15, -0.1) is 10.2 Å². The van der Waals surface area contributed by atoms with Crippen molar-refractivity contribution >= 4 is 22.5 Å². The van der Waals surface area contributed by atoms with E-state index in [1.165, 1.54) is 11.8 Å². The summed E-state index contributed by atoms with van der Waals surface area (Å²) in [5, 5.41) is 21.8. The summed E-state index contributed by atoms with van der Waals surface area (Å²) in [6.07, 6.45) is -0.630. The topological polar surface area (TPSA) is 69.4 Å². The van der Waals surface area contributed by atoms with Gasteiger partial charge < -0.3 is 19.1 Å². The molecule has 0 saturated heterocycles. The number of aromatic nitrogens is 3. The average Bonchev–Trinajstić information content (AvgIpc) is 3.16. The van der Waals surface area contributed by atoms with Gasteiger partial charge in [0.05, 0.1) is 13.2 Å². The molecule has 0 saturated carbocycles. The fourth-order valence-electron chi connectivity index (χ4n) is 3.16. The van der Waals surface area contributed by atoms with Crippen LogP contribution < -0.4 is 9.47 Å². The highest BCUT2D eigenvalue weighted by Gasteiger charge is 2.14. The number of rotatable bonds is 8. The zero-order valence-corrected chi connectivity index (χ0v) is 17.7. The molecule has 1 N–H and O–H groups in total. The normalized spacial score (nSPS) is 12.1. The molecule has 1 atom stereocenters. The number of hydrogen-bond acceptors (Lipinski definition) is 6. The zero-order valence-electron chi connectivity index (χ0n) is 16.9. The smallest absolute Gasteiger partial charge is 0.191 e. The van der Waals surface area contributed by atoms with Gasteiger partial charge in [0.25, 0.3) is 0 Å². The Morgan fingerprint density at radius 2 is 1.77 bits per heavy atom. The predicted octanol–water partition coefficient (Wildman–Crippen LogP) is 4.18. The van der Waals surface area contributed by atoms with E-state index in [0.717, 1.165) is 38.8 Å². The molecule has 3 aromatic carbocycles. The molecule has 0 bridgehead atoms. The number of hydrogen-bond donors (Lipinski definition) is 1. The van der Waals surface area contributed by atoms with Crippen molar-refractivity contribution in [2.24, 2.45) is 7.05 Å². The first-order valence-electron chi connectivity index (χ1n) is 9.61. The van der Waals surface area contributed by atoms with Crippen LogP contribution in [-0.2, 0) is 7.05 Å². The van der Waals surface area contributed by atoms with Crippen molar-refractivity contribution < 1.29 is 14.6 Å². The third-order valence-electron chi connectivity index (χ3n) is 4.77. The van der Waals surface area contributed by atoms with E-state index in [9.17, 15) is 5.11 Å². The summed E-state index contributed by atoms with van der Waals surface area (Å²) in [7, 11) is 3.56. The number of fused-ring (bicyclic) bond motifs is 1. The molecule has 0 amide bonds. The van der Waals surface area contributed by atoms with Crippen molar-refractivity contribution in [2.45, 2.75) is 11.3 Å². The number of aliphatic hydroxyl groups excluding tert-OH is 1. The van der Waals surface area contributed by atoms with E-state index < -0.39 is 6.10 Å². The Morgan fingerprint density at radius 1 is 1.00 bits per heavy atom. The summed E-state index contributed by atoms with van der Waals surface area (Å²) in [5.74, 6) is 2.79. The first-order chi connectivity index (χ1) is 14.7. The van der Waals surface area contributed by atoms with Gasteiger partial charge in [0.15, 0.2) is 11.0 Å². The van der Waals surface area contributed by atoms with E-state index in [1.807, 2.05) is 78.3 Å². The number of thioether (sulfide) groups is 1. The Kier molecular flexibility index (Phi) is 6.21. The minimum Gasteiger partial charge on any atom is -0.497 e. The SMILES string of the molecule is COc1ccc(-c2nnc(SC[C@@H](O)COc3cccc4ccccc34)n2C)cc1. The molecule has 0 aliphatic rings. The monoisotopic (exact) mass is 421 g/mol. The van der Waals surface area contributed by atoms with Gasteiger partial charge in [-0.2, -0.15) is 0 Å². The predicted molar refractivity (Wildman–Crippen MR) is 119 cm³/mol. The number of methoxy groups -OCH3 is 1. The summed E-state index contributed by atoms with van der Waals surface area (Å²) < 4.78 is 13.0. The molecule has 6 nitrogen and oxygen atoms in total. The van der Waals surface area contributed by atoms with Gasteiger partial charge >= 0.3 is 0 Å². The van der Waals surface area contributed by atoms with E-state index in [-0.39, 0.29) is 6.61 Å². The molecular weight excluding hydrogens is 398 g/mol. The van der Waals surface area contributed by atoms with Gasteiger partial charge in [-0.3, -0.25) is 0 Å². The first-order valence-corrected chi connectivity index (χ1v) is 10.6. The van der Waals surface area contributed by atoms with E-state index in [1.54, 1.807) is 7.11 Å². The van der Waals surface area contributed by atoms with Crippen molar-refractivity contribution in [3.63, 3.8) is 0 Å². The third-order valence-corrected chi connectivity index (χ3v) is 5.93. The van der Waals surface area contributed by atoms with Crippen LogP contribution in [0.25, 0.3) is 22.2 Å². The average molecular weight is 422 g/mol. The Hall–Kier alpha value is -3.03. The van der Waals surface area contributed by atoms with E-state index in [2.05, 4.69) is 10.2 Å². The van der Waals surface area contributed by atoms with Gasteiger partial charge in [0.2, 0.25) is 0 Å². The van der Waals surface area contributed by atoms with E-state index in [0.29, 0.717) is 5.75 Å². The fraction of sp³-hybridized carbons (Fsp3) is 0.217. The molecular formula is C23H23N3O3S. The highest BCUT2D eigenvalue weighted by atomic mass is 32.2. The van der Waals surface area contributed by atoms with Crippen LogP contribution in [0.5, 0.6) is 11.5 Å². The van der Waals surface area contributed by atoms with Crippen molar-refractivity contribution in [3.05, 3.63) is 66.7 Å². The Labute approximate surface area is 179 Å². The Balaban J connectivity index is 1.36. The number of benzene rings is 3. The second-order valence-corrected chi connectivity index (χ2v) is 7.83. The number of ether oxygens (including phenoxy) is 2. The molecule has 0 fully saturated rings. The fourth-order valence-corrected chi connectivity index (χ4v) is 3.97. The van der Waals surface area contributed by atoms with Gasteiger partial charge in [0, 0.05) is 23.8 Å². The second kappa shape index (κ2) is 9.19. The molecule has 0 aliphatic heterocycles. The number of aliphatic hydroxyl groups is 1. The zero-order chi connectivity index (χ0) is 20.9. The van der Waals surface area contributed by atoms with Gasteiger partial charge in [-0.1, -0.05) is 48.2 Å². The van der Waals surface area contributed by atoms with Crippen LogP contribution in [0.15, 0.2) is 71.9 Å². The molecule has 1 heterocycles. The van der Waals surface area contributed by atoms with Crippen molar-refractivity contribution in [3.8, 4) is 22.9 Å². The van der Waals surface area contributed by atoms with Gasteiger partial charge in [0.1, 0.15) is 18.1 Å². The highest BCUT2D eigenvalue weighted by molar-refractivity contribution is 7.99. The summed E-state index contributed by atoms with van der Waals surface area (Å²) in [6, 6.07) is 21.7. The molecule has 0 aliphatic carbocycles. The summed E-state index contributed by atoms with van der Waals surface area (Å²) >= 11 is 1.45. The van der Waals surface area contributed by atoms with Crippen LogP contribution in [0.3, 0.4) is 0 Å². The van der Waals surface area contributed by atoms with Crippen LogP contribution in [0.2, 0.25) is 0 Å². The largest absolute Gasteiger partial charge is 0.497 e. The maximum atomic E-state index is 10.4. The standard InChI is InChI=1S/C23H23N3O3S/c1-26-22(17-10-12-19(28-2)13-11-17)24-25-23(26)30-15-18(27)14-29-21-9-5-7-16-6-3-4-8-20(16)21/h3-13,18,27H,14-15H2,1-2H3/t18-/m0/s1. The van der Waals surface area contributed by atoms with Crippen molar-refractivity contribution in [1.29, 1.82) is 0 Å². The lowest BCUT2D eigenvalue weighted by molar-refractivity contribution is 0.127. The molecule has 30 heavy (non-hydrogen) atoms. The molecule has 4 rings (SSSR count). The lowest BCUT2D eigenvalue weighted by Crippen LogP contribution is -2.20. The third kappa shape index (κ3) is 4.42. The summed E-state index contributed by atoms with van der Waals surface area (Å²) in [4.78, 5) is 0. The maximum Gasteiger partial charge on any atom is 0.191 e. The molecule has 1 aromatic heterocycles. The maximum absolute atomic E-state index is 10.4. The van der Waals surface area contributed by atoms with Crippen LogP contribution in [0, 0.1) is 0 Å². The Morgan fingerprint density at radius 3 is 2.57 bits per heavy atom. The minimum absolute atomic E-state index is 0.212. The second-order valence-electron chi connectivity index (χ2n) is 6.85. The van der Waals surface area contributed by atoms with Crippen LogP contribution in [-0.4, -0.2) is 45.4 Å². The van der Waals surface area contributed by atoms with Gasteiger partial charge in [-0.25, -0.2) is 0 Å². The Bertz CT molecular complexity index is 1120. The van der Waals surface area contributed by atoms with Crippen LogP contribution in [0.1, 0.15) is 0 Å². The molecule has 154 valence electrons. The van der Waals surface area contributed by atoms with E-state index in [4.69, 9.17) is 9.47 Å². The van der Waals surface area contributed by atoms with Crippen LogP contribution in [0.4, 0.5) is 0 Å². The van der Waals surface area contributed by atoms with Crippen LogP contribution >= 0.6 is 11.8 Å². The van der Waals surface area contributed by atoms with Gasteiger partial charge in [-0.05, 0) is 35.7 Å². The molecule has 7 heteroatoms. The summed E-state index contributed by atoms with van der Waals surface area (Å²) in [6.45, 7) is 0.212. The van der Waals surface area contributed by atoms with Crippen molar-refractivity contribution in [1.82, 2.24) is 14.8 Å². The molecule has 0 unspecified atom stereocenters. The quantitative estimate of drug-likeness (QED) is 0.431. The lowest BCUT2D eigenvalue weighted by atomic mass is 10.1. The lowest BCUT2D eigenvalue weighted by Gasteiger charge is -2.13. The first kappa shape index (κ1) is 20.3. The van der Waals surface area contributed by atoms with E-state index >= 15 is 0 Å². The number of nitrogens with zero attached hydrogens (tertiary/aromatic N) is 3. The molecule has 4 aromatic rings. The molecule has 0 spiro atoms. The molecule has 0 radical (unpaired) electrons. The van der Waals surface area contributed by atoms with Crippen molar-refractivity contribution in [2.75, 3.05) is 19.5 Å². The highest BCUT2D eigenvalue weighted by Crippen LogP contribution is 2.27. The minimum atomic E-state index is -0.630.